The molecular formula is C19H21BClFO3. The molecule has 0 aromatic heterocycles. The highest BCUT2D eigenvalue weighted by atomic mass is 35.5. The van der Waals surface area contributed by atoms with Gasteiger partial charge in [-0.3, -0.25) is 0 Å². The van der Waals surface area contributed by atoms with Gasteiger partial charge in [0.15, 0.2) is 0 Å². The lowest BCUT2D eigenvalue weighted by atomic mass is 9.76. The molecule has 0 saturated carbocycles. The van der Waals surface area contributed by atoms with Crippen molar-refractivity contribution in [3.8, 4) is 5.75 Å². The average molecular weight is 363 g/mol. The summed E-state index contributed by atoms with van der Waals surface area (Å²) in [6.45, 7) is 8.36. The van der Waals surface area contributed by atoms with Gasteiger partial charge in [-0.2, -0.15) is 0 Å². The number of benzene rings is 2. The van der Waals surface area contributed by atoms with Gasteiger partial charge in [0.2, 0.25) is 0 Å². The minimum absolute atomic E-state index is 0.244. The highest BCUT2D eigenvalue weighted by molar-refractivity contribution is 6.62. The van der Waals surface area contributed by atoms with E-state index in [1.54, 1.807) is 0 Å². The number of hydrogen-bond acceptors (Lipinski definition) is 3. The van der Waals surface area contributed by atoms with Crippen molar-refractivity contribution < 1.29 is 18.4 Å². The van der Waals surface area contributed by atoms with Gasteiger partial charge in [-0.1, -0.05) is 35.9 Å². The van der Waals surface area contributed by atoms with Crippen molar-refractivity contribution in [2.45, 2.75) is 45.5 Å². The molecule has 2 aromatic carbocycles. The molecule has 1 aliphatic heterocycles. The zero-order valence-electron chi connectivity index (χ0n) is 14.8. The number of hydrogen-bond donors (Lipinski definition) is 0. The average Bonchev–Trinajstić information content (AvgIpc) is 2.75. The molecule has 0 N–H and O–H groups in total. The predicted octanol–water partition coefficient (Wildman–Crippen LogP) is 4.36. The molecule has 3 nitrogen and oxygen atoms in total. The van der Waals surface area contributed by atoms with Crippen LogP contribution >= 0.6 is 11.6 Å². The molecule has 2 aromatic rings. The van der Waals surface area contributed by atoms with Crippen molar-refractivity contribution in [2.75, 3.05) is 0 Å². The van der Waals surface area contributed by atoms with Crippen molar-refractivity contribution in [1.82, 2.24) is 0 Å². The molecule has 1 saturated heterocycles. The quantitative estimate of drug-likeness (QED) is 0.757. The Hall–Kier alpha value is -1.56. The van der Waals surface area contributed by atoms with Crippen LogP contribution in [0.25, 0.3) is 0 Å². The van der Waals surface area contributed by atoms with Crippen LogP contribution < -0.4 is 10.2 Å². The smallest absolute Gasteiger partial charge is 0.487 e. The van der Waals surface area contributed by atoms with Gasteiger partial charge < -0.3 is 14.0 Å². The lowest BCUT2D eigenvalue weighted by Crippen LogP contribution is -2.41. The van der Waals surface area contributed by atoms with Crippen molar-refractivity contribution >= 4 is 24.2 Å². The van der Waals surface area contributed by atoms with E-state index in [1.165, 1.54) is 18.2 Å². The molecule has 0 spiro atoms. The maximum Gasteiger partial charge on any atom is 0.495 e. The number of ether oxygens (including phenoxy) is 1. The van der Waals surface area contributed by atoms with Gasteiger partial charge >= 0.3 is 7.12 Å². The standard InChI is InChI=1S/C19H21BClFO3/c1-18(2)19(3,4)25-20(24-18)15-8-6-5-7-13(15)12-23-17-10-9-14(22)11-16(17)21/h5-11H,12H2,1-4H3. The Morgan fingerprint density at radius 1 is 1.04 bits per heavy atom. The summed E-state index contributed by atoms with van der Waals surface area (Å²) < 4.78 is 31.2. The van der Waals surface area contributed by atoms with Crippen LogP contribution in [0.1, 0.15) is 33.3 Å². The van der Waals surface area contributed by atoms with E-state index in [1.807, 2.05) is 52.0 Å². The largest absolute Gasteiger partial charge is 0.495 e. The van der Waals surface area contributed by atoms with Gasteiger partial charge in [-0.15, -0.1) is 0 Å². The molecule has 1 fully saturated rings. The molecule has 0 unspecified atom stereocenters. The molecule has 1 heterocycles. The molecule has 6 heteroatoms. The molecule has 25 heavy (non-hydrogen) atoms. The molecule has 0 amide bonds. The molecule has 3 rings (SSSR count). The number of halogens is 2. The lowest BCUT2D eigenvalue weighted by molar-refractivity contribution is 0.00578. The van der Waals surface area contributed by atoms with E-state index in [2.05, 4.69) is 0 Å². The summed E-state index contributed by atoms with van der Waals surface area (Å²) in [4.78, 5) is 0. The fourth-order valence-electron chi connectivity index (χ4n) is 2.61. The molecule has 1 aliphatic rings. The monoisotopic (exact) mass is 362 g/mol. The fraction of sp³-hybridized carbons (Fsp3) is 0.368. The van der Waals surface area contributed by atoms with Gasteiger partial charge in [-0.25, -0.2) is 4.39 Å². The van der Waals surface area contributed by atoms with Gasteiger partial charge in [-0.05, 0) is 56.9 Å². The van der Waals surface area contributed by atoms with Crippen LogP contribution in [0.4, 0.5) is 4.39 Å². The maximum atomic E-state index is 13.2. The third-order valence-electron chi connectivity index (χ3n) is 4.84. The van der Waals surface area contributed by atoms with Crippen LogP contribution in [0.2, 0.25) is 5.02 Å². The maximum absolute atomic E-state index is 13.2. The van der Waals surface area contributed by atoms with E-state index in [0.29, 0.717) is 5.75 Å². The third kappa shape index (κ3) is 3.69. The summed E-state index contributed by atoms with van der Waals surface area (Å²) in [5.74, 6) is 0.0433. The van der Waals surface area contributed by atoms with Crippen LogP contribution in [0, 0.1) is 5.82 Å². The topological polar surface area (TPSA) is 27.7 Å². The van der Waals surface area contributed by atoms with Crippen molar-refractivity contribution in [3.63, 3.8) is 0 Å². The SMILES string of the molecule is CC1(C)OB(c2ccccc2COc2ccc(F)cc2Cl)OC1(C)C. The Kier molecular flexibility index (Phi) is 4.84. The fourth-order valence-corrected chi connectivity index (χ4v) is 2.84. The zero-order valence-corrected chi connectivity index (χ0v) is 15.6. The van der Waals surface area contributed by atoms with Crippen molar-refractivity contribution in [2.24, 2.45) is 0 Å². The van der Waals surface area contributed by atoms with Crippen LogP contribution in [-0.2, 0) is 15.9 Å². The summed E-state index contributed by atoms with van der Waals surface area (Å²) in [5, 5.41) is 0.244. The summed E-state index contributed by atoms with van der Waals surface area (Å²) in [7, 11) is -0.464. The van der Waals surface area contributed by atoms with Gasteiger partial charge in [0, 0.05) is 0 Å². The van der Waals surface area contributed by atoms with Crippen LogP contribution in [-0.4, -0.2) is 18.3 Å². The second-order valence-corrected chi connectivity index (χ2v) is 7.56. The number of rotatable bonds is 4. The van der Waals surface area contributed by atoms with E-state index in [9.17, 15) is 4.39 Å². The highest BCUT2D eigenvalue weighted by Crippen LogP contribution is 2.36. The Morgan fingerprint density at radius 2 is 1.68 bits per heavy atom. The van der Waals surface area contributed by atoms with E-state index in [4.69, 9.17) is 25.6 Å². The molecule has 0 aliphatic carbocycles. The Labute approximate surface area is 153 Å². The summed E-state index contributed by atoms with van der Waals surface area (Å²) in [6.07, 6.45) is 0. The third-order valence-corrected chi connectivity index (χ3v) is 5.13. The predicted molar refractivity (Wildman–Crippen MR) is 97.9 cm³/mol. The molecule has 0 bridgehead atoms. The second kappa shape index (κ2) is 6.63. The van der Waals surface area contributed by atoms with Crippen molar-refractivity contribution in [3.05, 3.63) is 58.9 Å². The summed E-state index contributed by atoms with van der Waals surface area (Å²) >= 11 is 6.02. The van der Waals surface area contributed by atoms with Gasteiger partial charge in [0.25, 0.3) is 0 Å². The summed E-state index contributed by atoms with van der Waals surface area (Å²) in [6, 6.07) is 11.9. The first-order valence-corrected chi connectivity index (χ1v) is 8.59. The van der Waals surface area contributed by atoms with Gasteiger partial charge in [0.05, 0.1) is 16.2 Å². The highest BCUT2D eigenvalue weighted by Gasteiger charge is 2.52. The Morgan fingerprint density at radius 3 is 2.32 bits per heavy atom. The molecular weight excluding hydrogens is 341 g/mol. The van der Waals surface area contributed by atoms with Crippen LogP contribution in [0.5, 0.6) is 5.75 Å². The van der Waals surface area contributed by atoms with E-state index >= 15 is 0 Å². The first-order chi connectivity index (χ1) is 11.7. The molecule has 0 radical (unpaired) electrons. The minimum Gasteiger partial charge on any atom is -0.487 e. The zero-order chi connectivity index (χ0) is 18.2. The molecule has 0 atom stereocenters. The van der Waals surface area contributed by atoms with Crippen LogP contribution in [0.3, 0.4) is 0 Å². The first kappa shape index (κ1) is 18.2. The second-order valence-electron chi connectivity index (χ2n) is 7.15. The lowest BCUT2D eigenvalue weighted by Gasteiger charge is -2.32. The normalized spacial score (nSPS) is 18.4. The van der Waals surface area contributed by atoms with Crippen LogP contribution in [0.15, 0.2) is 42.5 Å². The minimum atomic E-state index is -0.464. The Bertz CT molecular complexity index is 763. The van der Waals surface area contributed by atoms with Crippen molar-refractivity contribution in [1.29, 1.82) is 0 Å². The summed E-state index contributed by atoms with van der Waals surface area (Å²) in [5.41, 5.74) is 1.03. The van der Waals surface area contributed by atoms with E-state index in [0.717, 1.165) is 11.0 Å². The van der Waals surface area contributed by atoms with Gasteiger partial charge in [0.1, 0.15) is 18.2 Å². The molecule has 132 valence electrons. The first-order valence-electron chi connectivity index (χ1n) is 8.21. The van der Waals surface area contributed by atoms with E-state index < -0.39 is 24.1 Å². The Balaban J connectivity index is 1.80. The van der Waals surface area contributed by atoms with E-state index in [-0.39, 0.29) is 11.6 Å².